The molecule has 3 atom stereocenters. The van der Waals surface area contributed by atoms with Gasteiger partial charge in [-0.3, -0.25) is 4.90 Å². The molecule has 1 aromatic heterocycles. The molecule has 0 radical (unpaired) electrons. The lowest BCUT2D eigenvalue weighted by Gasteiger charge is -2.30. The fraction of sp³-hybridized carbons (Fsp3) is 0.692. The van der Waals surface area contributed by atoms with E-state index < -0.39 is 0 Å². The maximum Gasteiger partial charge on any atom is 0.0987 e. The van der Waals surface area contributed by atoms with Crippen LogP contribution in [0.2, 0.25) is 0 Å². The Morgan fingerprint density at radius 3 is 3.24 bits per heavy atom. The first-order valence-electron chi connectivity index (χ1n) is 6.28. The highest BCUT2D eigenvalue weighted by Gasteiger charge is 2.42. The van der Waals surface area contributed by atoms with Crippen LogP contribution in [0.1, 0.15) is 18.4 Å². The van der Waals surface area contributed by atoms with Crippen molar-refractivity contribution in [3.05, 3.63) is 22.4 Å². The molecule has 2 heterocycles. The Kier molecular flexibility index (Phi) is 3.47. The predicted octanol–water partition coefficient (Wildman–Crippen LogP) is 2.13. The van der Waals surface area contributed by atoms with Crippen LogP contribution in [0.4, 0.5) is 0 Å². The third kappa shape index (κ3) is 2.27. The monoisotopic (exact) mass is 253 g/mol. The Balaban J connectivity index is 1.74. The molecule has 1 saturated carbocycles. The van der Waals surface area contributed by atoms with E-state index >= 15 is 0 Å². The Morgan fingerprint density at radius 2 is 2.47 bits per heavy atom. The van der Waals surface area contributed by atoms with E-state index in [9.17, 15) is 0 Å². The first-order valence-corrected chi connectivity index (χ1v) is 7.22. The van der Waals surface area contributed by atoms with Crippen molar-refractivity contribution < 1.29 is 9.47 Å². The summed E-state index contributed by atoms with van der Waals surface area (Å²) in [6.07, 6.45) is 2.92. The number of nitrogens with zero attached hydrogens (tertiary/aromatic N) is 1. The number of hydrogen-bond acceptors (Lipinski definition) is 4. The van der Waals surface area contributed by atoms with Crippen LogP contribution in [0.25, 0.3) is 0 Å². The van der Waals surface area contributed by atoms with E-state index in [1.807, 2.05) is 7.11 Å². The van der Waals surface area contributed by atoms with E-state index in [2.05, 4.69) is 21.7 Å². The average molecular weight is 253 g/mol. The van der Waals surface area contributed by atoms with Crippen molar-refractivity contribution >= 4 is 11.3 Å². The van der Waals surface area contributed by atoms with Gasteiger partial charge in [0.15, 0.2) is 0 Å². The van der Waals surface area contributed by atoms with Crippen molar-refractivity contribution in [2.24, 2.45) is 0 Å². The minimum absolute atomic E-state index is 0.260. The smallest absolute Gasteiger partial charge is 0.0987 e. The van der Waals surface area contributed by atoms with E-state index in [1.54, 1.807) is 11.3 Å². The first-order chi connectivity index (χ1) is 8.38. The van der Waals surface area contributed by atoms with Crippen LogP contribution in [-0.4, -0.2) is 43.4 Å². The molecule has 0 unspecified atom stereocenters. The van der Waals surface area contributed by atoms with Gasteiger partial charge in [0.1, 0.15) is 0 Å². The number of methoxy groups -OCH3 is 1. The van der Waals surface area contributed by atoms with Crippen molar-refractivity contribution in [3.8, 4) is 0 Å². The second-order valence-corrected chi connectivity index (χ2v) is 5.64. The Bertz CT molecular complexity index is 354. The lowest BCUT2D eigenvalue weighted by atomic mass is 10.1. The SMILES string of the molecule is CO[C@H]1[C@H]2CC[C@H]1OCCN2Cc1ccsc1. The molecule has 1 saturated heterocycles. The summed E-state index contributed by atoms with van der Waals surface area (Å²) in [6, 6.07) is 2.75. The zero-order valence-electron chi connectivity index (χ0n) is 10.2. The summed E-state index contributed by atoms with van der Waals surface area (Å²) >= 11 is 1.77. The summed E-state index contributed by atoms with van der Waals surface area (Å²) in [4.78, 5) is 2.53. The number of ether oxygens (including phenoxy) is 2. The van der Waals surface area contributed by atoms with E-state index in [4.69, 9.17) is 9.47 Å². The molecule has 0 N–H and O–H groups in total. The molecule has 94 valence electrons. The number of rotatable bonds is 3. The molecule has 1 aliphatic heterocycles. The van der Waals surface area contributed by atoms with Crippen LogP contribution in [0.5, 0.6) is 0 Å². The minimum atomic E-state index is 0.260. The van der Waals surface area contributed by atoms with Crippen molar-refractivity contribution in [3.63, 3.8) is 0 Å². The highest BCUT2D eigenvalue weighted by atomic mass is 32.1. The predicted molar refractivity (Wildman–Crippen MR) is 68.3 cm³/mol. The Labute approximate surface area is 106 Å². The van der Waals surface area contributed by atoms with Crippen molar-refractivity contribution in [2.75, 3.05) is 20.3 Å². The van der Waals surface area contributed by atoms with Gasteiger partial charge in [0.2, 0.25) is 0 Å². The fourth-order valence-electron chi connectivity index (χ4n) is 3.09. The maximum atomic E-state index is 5.88. The number of hydrogen-bond donors (Lipinski definition) is 0. The second kappa shape index (κ2) is 5.06. The van der Waals surface area contributed by atoms with Gasteiger partial charge in [-0.25, -0.2) is 0 Å². The van der Waals surface area contributed by atoms with Crippen molar-refractivity contribution in [1.29, 1.82) is 0 Å². The molecule has 0 spiro atoms. The van der Waals surface area contributed by atoms with Gasteiger partial charge in [0.05, 0.1) is 18.8 Å². The molecule has 1 aliphatic carbocycles. The normalized spacial score (nSPS) is 33.8. The average Bonchev–Trinajstić information content (AvgIpc) is 2.90. The molecule has 3 nitrogen and oxygen atoms in total. The summed E-state index contributed by atoms with van der Waals surface area (Å²) < 4.78 is 11.5. The van der Waals surface area contributed by atoms with Crippen LogP contribution in [0.15, 0.2) is 16.8 Å². The topological polar surface area (TPSA) is 21.7 Å². The molecule has 0 aromatic carbocycles. The van der Waals surface area contributed by atoms with E-state index in [-0.39, 0.29) is 6.10 Å². The quantitative estimate of drug-likeness (QED) is 0.823. The maximum absolute atomic E-state index is 5.88. The molecular formula is C13H19NO2S. The first kappa shape index (κ1) is 11.7. The molecule has 17 heavy (non-hydrogen) atoms. The lowest BCUT2D eigenvalue weighted by molar-refractivity contribution is -0.0326. The minimum Gasteiger partial charge on any atom is -0.377 e. The van der Waals surface area contributed by atoms with Crippen LogP contribution in [-0.2, 0) is 16.0 Å². The number of fused-ring (bicyclic) bond motifs is 2. The van der Waals surface area contributed by atoms with Gasteiger partial charge < -0.3 is 9.47 Å². The summed E-state index contributed by atoms with van der Waals surface area (Å²) in [5.74, 6) is 0. The summed E-state index contributed by atoms with van der Waals surface area (Å²) in [6.45, 7) is 2.89. The van der Waals surface area contributed by atoms with E-state index in [1.165, 1.54) is 12.0 Å². The summed E-state index contributed by atoms with van der Waals surface area (Å²) in [5.41, 5.74) is 1.41. The highest BCUT2D eigenvalue weighted by molar-refractivity contribution is 7.07. The highest BCUT2D eigenvalue weighted by Crippen LogP contribution is 2.32. The van der Waals surface area contributed by atoms with Gasteiger partial charge >= 0.3 is 0 Å². The largest absolute Gasteiger partial charge is 0.377 e. The van der Waals surface area contributed by atoms with Crippen molar-refractivity contribution in [1.82, 2.24) is 4.90 Å². The molecule has 1 aromatic rings. The van der Waals surface area contributed by atoms with E-state index in [0.717, 1.165) is 26.1 Å². The molecule has 2 bridgehead atoms. The second-order valence-electron chi connectivity index (χ2n) is 4.86. The van der Waals surface area contributed by atoms with Gasteiger partial charge in [-0.05, 0) is 35.2 Å². The third-order valence-corrected chi connectivity index (χ3v) is 4.64. The van der Waals surface area contributed by atoms with Gasteiger partial charge in [0, 0.05) is 26.2 Å². The van der Waals surface area contributed by atoms with Gasteiger partial charge in [-0.1, -0.05) is 0 Å². The molecule has 2 aliphatic rings. The van der Waals surface area contributed by atoms with Gasteiger partial charge in [-0.15, -0.1) is 0 Å². The van der Waals surface area contributed by atoms with Gasteiger partial charge in [-0.2, -0.15) is 11.3 Å². The van der Waals surface area contributed by atoms with Crippen LogP contribution >= 0.6 is 11.3 Å². The lowest BCUT2D eigenvalue weighted by Crippen LogP contribution is -2.42. The van der Waals surface area contributed by atoms with Crippen molar-refractivity contribution in [2.45, 2.75) is 37.6 Å². The van der Waals surface area contributed by atoms with Gasteiger partial charge in [0.25, 0.3) is 0 Å². The Hall–Kier alpha value is -0.420. The van der Waals surface area contributed by atoms with Crippen LogP contribution < -0.4 is 0 Å². The number of thiophene rings is 1. The molecule has 3 rings (SSSR count). The zero-order chi connectivity index (χ0) is 11.7. The fourth-order valence-corrected chi connectivity index (χ4v) is 3.75. The molecule has 0 amide bonds. The third-order valence-electron chi connectivity index (χ3n) is 3.91. The zero-order valence-corrected chi connectivity index (χ0v) is 11.0. The summed E-state index contributed by atoms with van der Waals surface area (Å²) in [7, 11) is 1.81. The van der Waals surface area contributed by atoms with Crippen LogP contribution in [0, 0.1) is 0 Å². The molecule has 2 fully saturated rings. The standard InChI is InChI=1S/C13H19NO2S/c1-15-13-11-2-3-12(13)16-6-5-14(11)8-10-4-7-17-9-10/h4,7,9,11-13H,2-3,5-6,8H2,1H3/t11-,12-,13+/m1/s1. The van der Waals surface area contributed by atoms with Crippen LogP contribution in [0.3, 0.4) is 0 Å². The van der Waals surface area contributed by atoms with E-state index in [0.29, 0.717) is 12.1 Å². The summed E-state index contributed by atoms with van der Waals surface area (Å²) in [5, 5.41) is 4.38. The Morgan fingerprint density at radius 1 is 1.53 bits per heavy atom. The molecule has 4 heteroatoms. The molecular weight excluding hydrogens is 234 g/mol.